The largest absolute Gasteiger partial charge is 0.493 e. The van der Waals surface area contributed by atoms with Crippen LogP contribution in [0.3, 0.4) is 0 Å². The molecule has 0 bridgehead atoms. The Morgan fingerprint density at radius 2 is 2.03 bits per heavy atom. The number of aromatic carboxylic acids is 1. The van der Waals surface area contributed by atoms with E-state index in [-0.39, 0.29) is 47.6 Å². The second-order valence-corrected chi connectivity index (χ2v) is 8.99. The molecule has 2 fully saturated rings. The number of halogens is 1. The molecule has 2 aromatic carbocycles. The van der Waals surface area contributed by atoms with Crippen molar-refractivity contribution in [2.24, 2.45) is 5.92 Å². The fourth-order valence-corrected chi connectivity index (χ4v) is 4.80. The Morgan fingerprint density at radius 1 is 1.22 bits per heavy atom. The lowest BCUT2D eigenvalue weighted by Gasteiger charge is -2.42. The predicted octanol–water partition coefficient (Wildman–Crippen LogP) is 2.36. The first kappa shape index (κ1) is 25.6. The smallest absolute Gasteiger partial charge is 0.339 e. The maximum Gasteiger partial charge on any atom is 0.339 e. The van der Waals surface area contributed by atoms with E-state index >= 15 is 0 Å². The number of carboxylic acids is 1. The number of ether oxygens (including phenoxy) is 3. The van der Waals surface area contributed by atoms with Gasteiger partial charge in [-0.3, -0.25) is 10.1 Å². The highest BCUT2D eigenvalue weighted by molar-refractivity contribution is 6.31. The van der Waals surface area contributed by atoms with Crippen molar-refractivity contribution < 1.29 is 28.9 Å². The summed E-state index contributed by atoms with van der Waals surface area (Å²) in [5.41, 5.74) is 1.04. The number of methoxy groups -OCH3 is 2. The summed E-state index contributed by atoms with van der Waals surface area (Å²) in [6.45, 7) is 1.52. The molecule has 190 valence electrons. The molecule has 3 unspecified atom stereocenters. The molecule has 0 radical (unpaired) electrons. The predicted molar refractivity (Wildman–Crippen MR) is 131 cm³/mol. The number of hydrogen-bond acceptors (Lipinski definition) is 8. The highest BCUT2D eigenvalue weighted by atomic mass is 35.5. The Labute approximate surface area is 213 Å². The molecule has 3 atom stereocenters. The third-order valence-electron chi connectivity index (χ3n) is 6.47. The van der Waals surface area contributed by atoms with Crippen molar-refractivity contribution in [3.63, 3.8) is 0 Å². The molecule has 2 aromatic rings. The van der Waals surface area contributed by atoms with Crippen LogP contribution < -0.4 is 24.8 Å². The molecule has 1 amide bonds. The Bertz CT molecular complexity index is 1200. The molecule has 2 saturated heterocycles. The van der Waals surface area contributed by atoms with E-state index in [0.717, 1.165) is 0 Å². The Balaban J connectivity index is 1.52. The number of nitrogens with one attached hydrogen (secondary N) is 2. The maximum atomic E-state index is 13.0. The van der Waals surface area contributed by atoms with Crippen LogP contribution in [0.15, 0.2) is 30.3 Å². The van der Waals surface area contributed by atoms with Crippen molar-refractivity contribution in [2.75, 3.05) is 40.6 Å². The second-order valence-electron chi connectivity index (χ2n) is 8.56. The lowest BCUT2D eigenvalue weighted by atomic mass is 9.86. The van der Waals surface area contributed by atoms with Crippen LogP contribution in [0, 0.1) is 17.2 Å². The number of nitrogens with zero attached hydrogens (tertiary/aromatic N) is 2. The van der Waals surface area contributed by atoms with Gasteiger partial charge in [-0.15, -0.1) is 0 Å². The number of piperidine rings is 1. The van der Waals surface area contributed by atoms with Crippen LogP contribution >= 0.6 is 11.6 Å². The van der Waals surface area contributed by atoms with E-state index in [2.05, 4.69) is 16.7 Å². The number of rotatable bonds is 8. The van der Waals surface area contributed by atoms with Gasteiger partial charge in [-0.05, 0) is 42.3 Å². The van der Waals surface area contributed by atoms with E-state index in [9.17, 15) is 20.0 Å². The summed E-state index contributed by atoms with van der Waals surface area (Å²) in [6.07, 6.45) is 0.469. The number of hydrogen-bond donors (Lipinski definition) is 3. The first-order valence-corrected chi connectivity index (χ1v) is 11.8. The number of carbonyl (C=O) groups excluding carboxylic acids is 1. The van der Waals surface area contributed by atoms with Crippen LogP contribution in [-0.4, -0.2) is 74.6 Å². The maximum absolute atomic E-state index is 13.0. The van der Waals surface area contributed by atoms with Crippen molar-refractivity contribution in [3.05, 3.63) is 40.9 Å². The van der Waals surface area contributed by atoms with E-state index in [1.807, 2.05) is 0 Å². The minimum absolute atomic E-state index is 0.00594. The Hall–Kier alpha value is -3.52. The van der Waals surface area contributed by atoms with Gasteiger partial charge in [0.1, 0.15) is 17.9 Å². The van der Waals surface area contributed by atoms with Gasteiger partial charge in [0.25, 0.3) is 0 Å². The lowest BCUT2D eigenvalue weighted by Crippen LogP contribution is -2.64. The average molecular weight is 515 g/mol. The van der Waals surface area contributed by atoms with E-state index < -0.39 is 5.97 Å². The zero-order valence-corrected chi connectivity index (χ0v) is 20.7. The van der Waals surface area contributed by atoms with Crippen molar-refractivity contribution >= 4 is 23.5 Å². The van der Waals surface area contributed by atoms with E-state index in [4.69, 9.17) is 25.8 Å². The van der Waals surface area contributed by atoms with Crippen LogP contribution in [0.5, 0.6) is 17.2 Å². The zero-order chi connectivity index (χ0) is 25.8. The minimum Gasteiger partial charge on any atom is -0.493 e. The molecule has 11 heteroatoms. The first-order chi connectivity index (χ1) is 17.4. The molecule has 0 aromatic heterocycles. The molecule has 0 saturated carbocycles. The zero-order valence-electron chi connectivity index (χ0n) is 19.9. The van der Waals surface area contributed by atoms with Gasteiger partial charge in [0.15, 0.2) is 11.5 Å². The summed E-state index contributed by atoms with van der Waals surface area (Å²) in [4.78, 5) is 26.6. The summed E-state index contributed by atoms with van der Waals surface area (Å²) in [6, 6.07) is 10.1. The van der Waals surface area contributed by atoms with E-state index in [1.54, 1.807) is 29.2 Å². The van der Waals surface area contributed by atoms with Gasteiger partial charge >= 0.3 is 5.97 Å². The summed E-state index contributed by atoms with van der Waals surface area (Å²) < 4.78 is 16.6. The van der Waals surface area contributed by atoms with Gasteiger partial charge in [0.05, 0.1) is 45.5 Å². The summed E-state index contributed by atoms with van der Waals surface area (Å²) in [5.74, 6) is -0.560. The number of nitriles is 1. The van der Waals surface area contributed by atoms with Crippen LogP contribution in [0.2, 0.25) is 5.02 Å². The minimum atomic E-state index is -1.16. The molecule has 2 aliphatic rings. The standard InChI is InChI=1S/C25H27ClN4O6/c1-34-22-8-14(7-19(25(32)33)23(22)35-2)17-9-15(26)3-4-21(17)36-6-5-30-13-29-20-12-28-16(11-27)10-18(20)24(30)31/h3-4,7-9,16,18,20,28-29H,5-6,10,12-13H2,1-2H3,(H,32,33). The van der Waals surface area contributed by atoms with E-state index in [1.165, 1.54) is 20.3 Å². The lowest BCUT2D eigenvalue weighted by molar-refractivity contribution is -0.142. The number of amides is 1. The van der Waals surface area contributed by atoms with Gasteiger partial charge in [0, 0.05) is 23.2 Å². The molecule has 3 N–H and O–H groups in total. The monoisotopic (exact) mass is 514 g/mol. The van der Waals surface area contributed by atoms with Crippen LogP contribution in [-0.2, 0) is 4.79 Å². The number of fused-ring (bicyclic) bond motifs is 1. The van der Waals surface area contributed by atoms with Crippen molar-refractivity contribution in [1.82, 2.24) is 15.5 Å². The van der Waals surface area contributed by atoms with Gasteiger partial charge in [0.2, 0.25) is 5.91 Å². The van der Waals surface area contributed by atoms with Crippen LogP contribution in [0.25, 0.3) is 11.1 Å². The molecule has 10 nitrogen and oxygen atoms in total. The van der Waals surface area contributed by atoms with Gasteiger partial charge < -0.3 is 29.5 Å². The topological polar surface area (TPSA) is 133 Å². The number of carbonyl (C=O) groups is 2. The van der Waals surface area contributed by atoms with Crippen molar-refractivity contribution in [1.29, 1.82) is 5.26 Å². The number of benzene rings is 2. The van der Waals surface area contributed by atoms with Crippen molar-refractivity contribution in [3.8, 4) is 34.4 Å². The average Bonchev–Trinajstić information content (AvgIpc) is 2.89. The molecule has 0 spiro atoms. The van der Waals surface area contributed by atoms with Crippen LogP contribution in [0.1, 0.15) is 16.8 Å². The molecule has 36 heavy (non-hydrogen) atoms. The number of carboxylic acid groups (broad SMARTS) is 1. The van der Waals surface area contributed by atoms with Crippen LogP contribution in [0.4, 0.5) is 0 Å². The highest BCUT2D eigenvalue weighted by Gasteiger charge is 2.40. The molecular formula is C25H27ClN4O6. The highest BCUT2D eigenvalue weighted by Crippen LogP contribution is 2.40. The normalized spacial score (nSPS) is 21.3. The van der Waals surface area contributed by atoms with Gasteiger partial charge in [-0.1, -0.05) is 11.6 Å². The molecule has 4 rings (SSSR count). The fraction of sp³-hybridized carbons (Fsp3) is 0.400. The first-order valence-electron chi connectivity index (χ1n) is 11.4. The summed E-state index contributed by atoms with van der Waals surface area (Å²) >= 11 is 6.25. The molecule has 2 aliphatic heterocycles. The summed E-state index contributed by atoms with van der Waals surface area (Å²) in [7, 11) is 2.80. The summed E-state index contributed by atoms with van der Waals surface area (Å²) in [5, 5.41) is 25.8. The quantitative estimate of drug-likeness (QED) is 0.485. The molecule has 0 aliphatic carbocycles. The fourth-order valence-electron chi connectivity index (χ4n) is 4.63. The second kappa shape index (κ2) is 11.0. The third kappa shape index (κ3) is 5.18. The van der Waals surface area contributed by atoms with E-state index in [0.29, 0.717) is 48.1 Å². The molecular weight excluding hydrogens is 488 g/mol. The van der Waals surface area contributed by atoms with Gasteiger partial charge in [-0.25, -0.2) is 4.79 Å². The Kier molecular flexibility index (Phi) is 7.84. The Morgan fingerprint density at radius 3 is 2.72 bits per heavy atom. The SMILES string of the molecule is COc1cc(-c2cc(Cl)ccc2OCCN2CNC3CNC(C#N)CC3C2=O)cc(C(=O)O)c1OC. The van der Waals surface area contributed by atoms with Gasteiger partial charge in [-0.2, -0.15) is 5.26 Å². The van der Waals surface area contributed by atoms with Crippen molar-refractivity contribution in [2.45, 2.75) is 18.5 Å². The molecule has 2 heterocycles. The third-order valence-corrected chi connectivity index (χ3v) is 6.70.